The van der Waals surface area contributed by atoms with Crippen LogP contribution in [0.1, 0.15) is 25.3 Å². The Hall–Kier alpha value is -1.78. The predicted octanol–water partition coefficient (Wildman–Crippen LogP) is 5.11. The summed E-state index contributed by atoms with van der Waals surface area (Å²) in [6.45, 7) is 2.04. The van der Waals surface area contributed by atoms with E-state index in [2.05, 4.69) is 18.2 Å². The van der Waals surface area contributed by atoms with E-state index in [4.69, 9.17) is 16.9 Å². The highest BCUT2D eigenvalue weighted by molar-refractivity contribution is 6.49. The predicted molar refractivity (Wildman–Crippen MR) is 77.2 cm³/mol. The van der Waals surface area contributed by atoms with Crippen molar-refractivity contribution >= 4 is 27.4 Å². The first kappa shape index (κ1) is 12.7. The number of rotatable bonds is 3. The Morgan fingerprint density at radius 1 is 1.17 bits per heavy atom. The van der Waals surface area contributed by atoms with Gasteiger partial charge in [-0.2, -0.15) is 5.26 Å². The molecule has 2 aromatic rings. The van der Waals surface area contributed by atoms with Crippen molar-refractivity contribution in [3.05, 3.63) is 53.6 Å². The second-order valence-corrected chi connectivity index (χ2v) is 4.59. The van der Waals surface area contributed by atoms with Crippen LogP contribution in [0.3, 0.4) is 0 Å². The third-order valence-electron chi connectivity index (χ3n) is 2.90. The number of nitriles is 1. The van der Waals surface area contributed by atoms with Gasteiger partial charge in [-0.25, -0.2) is 0 Å². The molecule has 0 aliphatic heterocycles. The summed E-state index contributed by atoms with van der Waals surface area (Å²) in [6, 6.07) is 16.4. The molecule has 18 heavy (non-hydrogen) atoms. The molecule has 0 radical (unpaired) electrons. The van der Waals surface area contributed by atoms with Crippen molar-refractivity contribution in [3.8, 4) is 6.07 Å². The minimum absolute atomic E-state index is 0.574. The van der Waals surface area contributed by atoms with Crippen LogP contribution in [-0.4, -0.2) is 0 Å². The first-order valence-corrected chi connectivity index (χ1v) is 6.42. The summed E-state index contributed by atoms with van der Waals surface area (Å²) in [7, 11) is 0. The van der Waals surface area contributed by atoms with Gasteiger partial charge in [-0.15, -0.1) is 0 Å². The fourth-order valence-corrected chi connectivity index (χ4v) is 2.22. The lowest BCUT2D eigenvalue weighted by Gasteiger charge is -2.05. The number of benzene rings is 2. The first-order valence-electron chi connectivity index (χ1n) is 6.04. The molecule has 0 aliphatic rings. The lowest BCUT2D eigenvalue weighted by atomic mass is 10.0. The minimum atomic E-state index is 0.574. The van der Waals surface area contributed by atoms with Gasteiger partial charge in [0.2, 0.25) is 0 Å². The van der Waals surface area contributed by atoms with E-state index in [-0.39, 0.29) is 0 Å². The van der Waals surface area contributed by atoms with Crippen molar-refractivity contribution in [1.82, 2.24) is 0 Å². The van der Waals surface area contributed by atoms with E-state index < -0.39 is 0 Å². The maximum atomic E-state index is 9.11. The standard InChI is InChI=1S/C16H14ClN/c1-2-5-15(11-18)16(17)14-9-8-12-6-3-4-7-13(12)10-14/h3-4,6-10H,2,5H2,1H3. The lowest BCUT2D eigenvalue weighted by molar-refractivity contribution is 0.933. The van der Waals surface area contributed by atoms with Crippen LogP contribution >= 0.6 is 11.6 Å². The summed E-state index contributed by atoms with van der Waals surface area (Å²) in [5, 5.41) is 12.0. The van der Waals surface area contributed by atoms with Gasteiger partial charge >= 0.3 is 0 Å². The topological polar surface area (TPSA) is 23.8 Å². The molecular weight excluding hydrogens is 242 g/mol. The van der Waals surface area contributed by atoms with Crippen LogP contribution in [0.5, 0.6) is 0 Å². The molecule has 90 valence electrons. The second-order valence-electron chi connectivity index (χ2n) is 4.22. The Morgan fingerprint density at radius 2 is 1.89 bits per heavy atom. The van der Waals surface area contributed by atoms with Crippen LogP contribution < -0.4 is 0 Å². The van der Waals surface area contributed by atoms with Gasteiger partial charge in [0.1, 0.15) is 0 Å². The third kappa shape index (κ3) is 2.55. The quantitative estimate of drug-likeness (QED) is 0.699. The maximum Gasteiger partial charge on any atom is 0.0962 e. The van der Waals surface area contributed by atoms with Crippen LogP contribution in [0, 0.1) is 11.3 Å². The van der Waals surface area contributed by atoms with Gasteiger partial charge in [0, 0.05) is 5.57 Å². The monoisotopic (exact) mass is 255 g/mol. The molecule has 0 spiro atoms. The van der Waals surface area contributed by atoms with Gasteiger partial charge < -0.3 is 0 Å². The number of nitrogens with zero attached hydrogens (tertiary/aromatic N) is 1. The summed E-state index contributed by atoms with van der Waals surface area (Å²) in [4.78, 5) is 0. The molecule has 0 aromatic heterocycles. The van der Waals surface area contributed by atoms with Crippen LogP contribution in [0.15, 0.2) is 48.0 Å². The average molecular weight is 256 g/mol. The summed E-state index contributed by atoms with van der Waals surface area (Å²) in [5.74, 6) is 0. The Morgan fingerprint density at radius 3 is 2.56 bits per heavy atom. The molecule has 2 heteroatoms. The second kappa shape index (κ2) is 5.71. The lowest BCUT2D eigenvalue weighted by Crippen LogP contribution is -1.85. The van der Waals surface area contributed by atoms with E-state index in [9.17, 15) is 0 Å². The normalized spacial score (nSPS) is 12.1. The van der Waals surface area contributed by atoms with Gasteiger partial charge in [-0.3, -0.25) is 0 Å². The molecule has 0 saturated heterocycles. The van der Waals surface area contributed by atoms with Crippen LogP contribution in [0.4, 0.5) is 0 Å². The SMILES string of the molecule is CCCC(C#N)=C(Cl)c1ccc2ccccc2c1. The van der Waals surface area contributed by atoms with Crippen molar-refractivity contribution in [2.75, 3.05) is 0 Å². The summed E-state index contributed by atoms with van der Waals surface area (Å²) in [5.41, 5.74) is 1.58. The van der Waals surface area contributed by atoms with E-state index in [0.717, 1.165) is 23.8 Å². The third-order valence-corrected chi connectivity index (χ3v) is 3.35. The zero-order chi connectivity index (χ0) is 13.0. The summed E-state index contributed by atoms with van der Waals surface area (Å²) >= 11 is 6.31. The highest BCUT2D eigenvalue weighted by Gasteiger charge is 2.06. The molecule has 0 aliphatic carbocycles. The molecular formula is C16H14ClN. The molecule has 2 aromatic carbocycles. The molecule has 0 fully saturated rings. The molecule has 2 rings (SSSR count). The fourth-order valence-electron chi connectivity index (χ4n) is 1.96. The Kier molecular flexibility index (Phi) is 4.02. The number of fused-ring (bicyclic) bond motifs is 1. The Labute approximate surface area is 112 Å². The minimum Gasteiger partial charge on any atom is -0.193 e. The fraction of sp³-hybridized carbons (Fsp3) is 0.188. The number of halogens is 1. The highest BCUT2D eigenvalue weighted by atomic mass is 35.5. The summed E-state index contributed by atoms with van der Waals surface area (Å²) in [6.07, 6.45) is 1.65. The maximum absolute atomic E-state index is 9.11. The van der Waals surface area contributed by atoms with E-state index in [0.29, 0.717) is 10.6 Å². The molecule has 0 N–H and O–H groups in total. The van der Waals surface area contributed by atoms with Gasteiger partial charge in [0.05, 0.1) is 11.1 Å². The van der Waals surface area contributed by atoms with Gasteiger partial charge in [-0.05, 0) is 28.8 Å². The van der Waals surface area contributed by atoms with Gasteiger partial charge in [0.15, 0.2) is 0 Å². The number of hydrogen-bond donors (Lipinski definition) is 0. The Balaban J connectivity index is 2.51. The molecule has 0 atom stereocenters. The largest absolute Gasteiger partial charge is 0.193 e. The average Bonchev–Trinajstić information content (AvgIpc) is 2.43. The molecule has 1 nitrogen and oxygen atoms in total. The van der Waals surface area contributed by atoms with Crippen molar-refractivity contribution in [3.63, 3.8) is 0 Å². The highest BCUT2D eigenvalue weighted by Crippen LogP contribution is 2.28. The van der Waals surface area contributed by atoms with Crippen molar-refractivity contribution < 1.29 is 0 Å². The van der Waals surface area contributed by atoms with Crippen molar-refractivity contribution in [1.29, 1.82) is 5.26 Å². The van der Waals surface area contributed by atoms with Crippen LogP contribution in [0.2, 0.25) is 0 Å². The van der Waals surface area contributed by atoms with Crippen LogP contribution in [-0.2, 0) is 0 Å². The van der Waals surface area contributed by atoms with Crippen molar-refractivity contribution in [2.45, 2.75) is 19.8 Å². The van der Waals surface area contributed by atoms with E-state index in [1.165, 1.54) is 5.39 Å². The molecule has 0 saturated carbocycles. The van der Waals surface area contributed by atoms with E-state index in [1.54, 1.807) is 0 Å². The molecule has 0 unspecified atom stereocenters. The van der Waals surface area contributed by atoms with E-state index >= 15 is 0 Å². The van der Waals surface area contributed by atoms with E-state index in [1.807, 2.05) is 37.3 Å². The molecule has 0 bridgehead atoms. The first-order chi connectivity index (χ1) is 8.76. The Bertz CT molecular complexity index is 635. The van der Waals surface area contributed by atoms with Gasteiger partial charge in [0.25, 0.3) is 0 Å². The zero-order valence-corrected chi connectivity index (χ0v) is 11.0. The van der Waals surface area contributed by atoms with Gasteiger partial charge in [-0.1, -0.05) is 61.3 Å². The number of hydrogen-bond acceptors (Lipinski definition) is 1. The van der Waals surface area contributed by atoms with Crippen molar-refractivity contribution in [2.24, 2.45) is 0 Å². The smallest absolute Gasteiger partial charge is 0.0962 e. The molecule has 0 heterocycles. The summed E-state index contributed by atoms with van der Waals surface area (Å²) < 4.78 is 0. The molecule has 0 amide bonds. The number of allylic oxidation sites excluding steroid dienone is 1. The zero-order valence-electron chi connectivity index (χ0n) is 10.3. The van der Waals surface area contributed by atoms with Crippen LogP contribution in [0.25, 0.3) is 15.8 Å².